The van der Waals surface area contributed by atoms with E-state index in [0.717, 1.165) is 6.07 Å². The van der Waals surface area contributed by atoms with Gasteiger partial charge in [0.15, 0.2) is 6.61 Å². The number of halogens is 1. The van der Waals surface area contributed by atoms with E-state index in [1.807, 2.05) is 13.8 Å². The van der Waals surface area contributed by atoms with E-state index in [0.29, 0.717) is 5.82 Å². The molecule has 1 N–H and O–H groups in total. The average Bonchev–Trinajstić information content (AvgIpc) is 3.15. The number of anilines is 1. The molecule has 0 atom stereocenters. The van der Waals surface area contributed by atoms with Crippen molar-refractivity contribution in [3.63, 3.8) is 0 Å². The Morgan fingerprint density at radius 1 is 1.23 bits per heavy atom. The Balaban J connectivity index is 2.11. The van der Waals surface area contributed by atoms with Crippen LogP contribution in [-0.2, 0) is 19.6 Å². The molecule has 0 spiro atoms. The van der Waals surface area contributed by atoms with Gasteiger partial charge in [0, 0.05) is 25.2 Å². The van der Waals surface area contributed by atoms with E-state index >= 15 is 0 Å². The van der Waals surface area contributed by atoms with Crippen molar-refractivity contribution in [2.75, 3.05) is 25.0 Å². The van der Waals surface area contributed by atoms with Crippen molar-refractivity contribution in [3.8, 4) is 0 Å². The number of hydrogen-bond acceptors (Lipinski definition) is 6. The first-order valence-electron chi connectivity index (χ1n) is 9.42. The van der Waals surface area contributed by atoms with Crippen molar-refractivity contribution in [1.82, 2.24) is 14.1 Å². The Morgan fingerprint density at radius 2 is 1.90 bits per heavy atom. The molecule has 0 unspecified atom stereocenters. The van der Waals surface area contributed by atoms with E-state index in [-0.39, 0.29) is 34.6 Å². The molecule has 0 bridgehead atoms. The van der Waals surface area contributed by atoms with Gasteiger partial charge in [0.05, 0.1) is 21.7 Å². The summed E-state index contributed by atoms with van der Waals surface area (Å²) in [6, 6.07) is 5.46. The largest absolute Gasteiger partial charge is 0.452 e. The maximum atomic E-state index is 12.7. The summed E-state index contributed by atoms with van der Waals surface area (Å²) in [4.78, 5) is 24.5. The molecular formula is C19H25ClN4O5S. The van der Waals surface area contributed by atoms with Gasteiger partial charge in [0.1, 0.15) is 5.82 Å². The quantitative estimate of drug-likeness (QED) is 0.581. The molecule has 11 heteroatoms. The summed E-state index contributed by atoms with van der Waals surface area (Å²) in [5.41, 5.74) is -0.134. The maximum Gasteiger partial charge on any atom is 0.340 e. The molecule has 0 aliphatic rings. The fourth-order valence-corrected chi connectivity index (χ4v) is 4.43. The number of hydrogen-bond donors (Lipinski definition) is 1. The fourth-order valence-electron chi connectivity index (χ4n) is 2.75. The van der Waals surface area contributed by atoms with Crippen molar-refractivity contribution in [2.45, 2.75) is 38.6 Å². The lowest BCUT2D eigenvalue weighted by Crippen LogP contribution is -2.30. The second-order valence-corrected chi connectivity index (χ2v) is 8.96. The van der Waals surface area contributed by atoms with Crippen molar-refractivity contribution in [1.29, 1.82) is 0 Å². The highest BCUT2D eigenvalue weighted by Crippen LogP contribution is 2.24. The number of carbonyl (C=O) groups is 2. The molecule has 9 nitrogen and oxygen atoms in total. The van der Waals surface area contributed by atoms with Gasteiger partial charge in [-0.15, -0.1) is 0 Å². The van der Waals surface area contributed by atoms with Crippen LogP contribution in [0.4, 0.5) is 5.82 Å². The second kappa shape index (κ2) is 10.1. The molecule has 0 fully saturated rings. The number of aromatic nitrogens is 2. The summed E-state index contributed by atoms with van der Waals surface area (Å²) in [5, 5.41) is 6.73. The monoisotopic (exact) mass is 456 g/mol. The van der Waals surface area contributed by atoms with Crippen molar-refractivity contribution >= 4 is 39.3 Å². The molecule has 2 rings (SSSR count). The first-order valence-corrected chi connectivity index (χ1v) is 11.2. The maximum absolute atomic E-state index is 12.7. The average molecular weight is 457 g/mol. The predicted octanol–water partition coefficient (Wildman–Crippen LogP) is 2.94. The Kier molecular flexibility index (Phi) is 7.99. The highest BCUT2D eigenvalue weighted by atomic mass is 35.5. The first kappa shape index (κ1) is 23.8. The molecule has 0 saturated heterocycles. The van der Waals surface area contributed by atoms with Gasteiger partial charge in [-0.3, -0.25) is 4.79 Å². The summed E-state index contributed by atoms with van der Waals surface area (Å²) >= 11 is 6.05. The van der Waals surface area contributed by atoms with Crippen LogP contribution in [-0.4, -0.2) is 54.1 Å². The van der Waals surface area contributed by atoms with Gasteiger partial charge >= 0.3 is 5.97 Å². The molecule has 1 amide bonds. The minimum absolute atomic E-state index is 0.0248. The van der Waals surface area contributed by atoms with Crippen LogP contribution in [0.1, 0.15) is 44.1 Å². The second-order valence-electron chi connectivity index (χ2n) is 6.61. The number of rotatable bonds is 9. The number of carbonyl (C=O) groups excluding carboxylic acids is 2. The molecule has 0 aliphatic heterocycles. The van der Waals surface area contributed by atoms with Crippen LogP contribution in [0, 0.1) is 0 Å². The van der Waals surface area contributed by atoms with Crippen LogP contribution in [0.25, 0.3) is 0 Å². The lowest BCUT2D eigenvalue weighted by molar-refractivity contribution is -0.119. The van der Waals surface area contributed by atoms with E-state index in [4.69, 9.17) is 16.3 Å². The Morgan fingerprint density at radius 3 is 2.50 bits per heavy atom. The van der Waals surface area contributed by atoms with Gasteiger partial charge in [-0.1, -0.05) is 25.4 Å². The summed E-state index contributed by atoms with van der Waals surface area (Å²) in [6.07, 6.45) is 1.54. The molecule has 30 heavy (non-hydrogen) atoms. The minimum atomic E-state index is -3.77. The van der Waals surface area contributed by atoms with Gasteiger partial charge in [0.2, 0.25) is 10.0 Å². The van der Waals surface area contributed by atoms with Crippen LogP contribution in [0.2, 0.25) is 5.02 Å². The highest BCUT2D eigenvalue weighted by molar-refractivity contribution is 7.89. The van der Waals surface area contributed by atoms with Crippen LogP contribution in [0.15, 0.2) is 35.4 Å². The molecule has 0 radical (unpaired) electrons. The summed E-state index contributed by atoms with van der Waals surface area (Å²) < 4.78 is 33.2. The predicted molar refractivity (Wildman–Crippen MR) is 113 cm³/mol. The number of sulfonamides is 1. The topological polar surface area (TPSA) is 111 Å². The van der Waals surface area contributed by atoms with E-state index in [1.165, 1.54) is 16.4 Å². The lowest BCUT2D eigenvalue weighted by Gasteiger charge is -2.19. The van der Waals surface area contributed by atoms with Crippen LogP contribution < -0.4 is 5.32 Å². The number of benzene rings is 1. The molecule has 2 aromatic rings. The summed E-state index contributed by atoms with van der Waals surface area (Å²) in [6.45, 7) is 7.26. The van der Waals surface area contributed by atoms with Crippen molar-refractivity contribution < 1.29 is 22.7 Å². The zero-order chi connectivity index (χ0) is 22.5. The molecule has 0 saturated carbocycles. The number of nitrogens with one attached hydrogen (secondary N) is 1. The third-order valence-electron chi connectivity index (χ3n) is 4.26. The van der Waals surface area contributed by atoms with Gasteiger partial charge in [-0.2, -0.15) is 9.40 Å². The number of ether oxygens (including phenoxy) is 1. The van der Waals surface area contributed by atoms with Gasteiger partial charge < -0.3 is 10.1 Å². The Hall–Kier alpha value is -2.43. The normalized spacial score (nSPS) is 11.7. The molecule has 0 aliphatic carbocycles. The standard InChI is InChI=1S/C19H25ClN4O5S/c1-5-23(6-2)30(27,28)14-7-8-16(20)15(11-14)19(26)29-12-18(25)22-17-9-10-21-24(17)13(3)4/h7-11,13H,5-6,12H2,1-4H3,(H,22,25). The first-order chi connectivity index (χ1) is 14.1. The molecule has 1 aromatic carbocycles. The van der Waals surface area contributed by atoms with E-state index in [2.05, 4.69) is 10.4 Å². The fraction of sp³-hybridized carbons (Fsp3) is 0.421. The smallest absolute Gasteiger partial charge is 0.340 e. The van der Waals surface area contributed by atoms with Crippen molar-refractivity contribution in [2.24, 2.45) is 0 Å². The van der Waals surface area contributed by atoms with E-state index in [1.54, 1.807) is 30.8 Å². The van der Waals surface area contributed by atoms with Gasteiger partial charge in [0.25, 0.3) is 5.91 Å². The molecular weight excluding hydrogens is 432 g/mol. The third kappa shape index (κ3) is 5.38. The van der Waals surface area contributed by atoms with Crippen molar-refractivity contribution in [3.05, 3.63) is 41.0 Å². The number of nitrogens with zero attached hydrogens (tertiary/aromatic N) is 3. The minimum Gasteiger partial charge on any atom is -0.452 e. The van der Waals surface area contributed by atoms with Crippen LogP contribution >= 0.6 is 11.6 Å². The third-order valence-corrected chi connectivity index (χ3v) is 6.64. The van der Waals surface area contributed by atoms with E-state index < -0.39 is 28.5 Å². The Bertz CT molecular complexity index is 1020. The van der Waals surface area contributed by atoms with Gasteiger partial charge in [-0.05, 0) is 32.0 Å². The van der Waals surface area contributed by atoms with E-state index in [9.17, 15) is 18.0 Å². The van der Waals surface area contributed by atoms with Gasteiger partial charge in [-0.25, -0.2) is 17.9 Å². The SMILES string of the molecule is CCN(CC)S(=O)(=O)c1ccc(Cl)c(C(=O)OCC(=O)Nc2ccnn2C(C)C)c1. The Labute approximate surface area is 181 Å². The zero-order valence-corrected chi connectivity index (χ0v) is 18.8. The van der Waals surface area contributed by atoms with Crippen LogP contribution in [0.3, 0.4) is 0 Å². The summed E-state index contributed by atoms with van der Waals surface area (Å²) in [7, 11) is -3.77. The molecule has 164 valence electrons. The number of esters is 1. The molecule has 1 heterocycles. The highest BCUT2D eigenvalue weighted by Gasteiger charge is 2.24. The number of amides is 1. The summed E-state index contributed by atoms with van der Waals surface area (Å²) in [5.74, 6) is -0.991. The molecule has 1 aromatic heterocycles. The zero-order valence-electron chi connectivity index (χ0n) is 17.3. The lowest BCUT2D eigenvalue weighted by atomic mass is 10.2. The van der Waals surface area contributed by atoms with Crippen LogP contribution in [0.5, 0.6) is 0 Å².